The summed E-state index contributed by atoms with van der Waals surface area (Å²) in [5.41, 5.74) is 3.02. The molecule has 0 saturated heterocycles. The van der Waals surface area contributed by atoms with Crippen LogP contribution in [0.2, 0.25) is 10.0 Å². The van der Waals surface area contributed by atoms with E-state index in [0.29, 0.717) is 22.3 Å². The second-order valence-corrected chi connectivity index (χ2v) is 5.56. The summed E-state index contributed by atoms with van der Waals surface area (Å²) in [6, 6.07) is 12.9. The normalized spacial score (nSPS) is 10.2. The molecule has 0 atom stereocenters. The van der Waals surface area contributed by atoms with Crippen LogP contribution in [0.25, 0.3) is 0 Å². The number of hydrogen-bond donors (Lipinski definition) is 2. The van der Waals surface area contributed by atoms with E-state index >= 15 is 0 Å². The van der Waals surface area contributed by atoms with E-state index in [0.717, 1.165) is 6.42 Å². The van der Waals surface area contributed by atoms with Crippen molar-refractivity contribution in [1.82, 2.24) is 5.32 Å². The third kappa shape index (κ3) is 4.96. The molecule has 3 nitrogen and oxygen atoms in total. The molecule has 2 N–H and O–H groups in total. The maximum absolute atomic E-state index is 11.8. The van der Waals surface area contributed by atoms with Gasteiger partial charge in [-0.05, 0) is 37.1 Å². The highest BCUT2D eigenvalue weighted by Crippen LogP contribution is 2.24. The number of halogens is 2. The molecule has 0 fully saturated rings. The first kappa shape index (κ1) is 15.7. The van der Waals surface area contributed by atoms with Crippen LogP contribution in [0.5, 0.6) is 0 Å². The Morgan fingerprint density at radius 3 is 2.62 bits per heavy atom. The van der Waals surface area contributed by atoms with Crippen LogP contribution in [-0.4, -0.2) is 12.6 Å². The average molecular weight is 323 g/mol. The van der Waals surface area contributed by atoms with E-state index in [4.69, 9.17) is 23.2 Å². The van der Waals surface area contributed by atoms with Gasteiger partial charge in [-0.2, -0.15) is 0 Å². The Balaban J connectivity index is 1.81. The van der Waals surface area contributed by atoms with Crippen LogP contribution in [0.3, 0.4) is 0 Å². The highest BCUT2D eigenvalue weighted by atomic mass is 35.5. The third-order valence-corrected chi connectivity index (χ3v) is 3.70. The van der Waals surface area contributed by atoms with Gasteiger partial charge in [0.2, 0.25) is 0 Å². The SMILES string of the molecule is Cc1cccc(CCNC(=O)Nc2ccc(Cl)c(Cl)c2)c1. The van der Waals surface area contributed by atoms with Crippen molar-refractivity contribution >= 4 is 34.9 Å². The summed E-state index contributed by atoms with van der Waals surface area (Å²) in [6.07, 6.45) is 0.788. The molecular formula is C16H16Cl2N2O. The highest BCUT2D eigenvalue weighted by Gasteiger charge is 2.04. The van der Waals surface area contributed by atoms with Gasteiger partial charge < -0.3 is 10.6 Å². The lowest BCUT2D eigenvalue weighted by molar-refractivity contribution is 0.252. The fourth-order valence-electron chi connectivity index (χ4n) is 1.94. The van der Waals surface area contributed by atoms with Crippen LogP contribution in [0.1, 0.15) is 11.1 Å². The fraction of sp³-hybridized carbons (Fsp3) is 0.188. The molecule has 5 heteroatoms. The Labute approximate surface area is 134 Å². The van der Waals surface area contributed by atoms with Crippen molar-refractivity contribution in [1.29, 1.82) is 0 Å². The molecular weight excluding hydrogens is 307 g/mol. The Morgan fingerprint density at radius 1 is 1.10 bits per heavy atom. The van der Waals surface area contributed by atoms with Gasteiger partial charge >= 0.3 is 6.03 Å². The largest absolute Gasteiger partial charge is 0.338 e. The molecule has 2 amide bonds. The van der Waals surface area contributed by atoms with Gasteiger partial charge in [-0.1, -0.05) is 53.0 Å². The molecule has 0 aliphatic carbocycles. The number of amides is 2. The zero-order valence-corrected chi connectivity index (χ0v) is 13.1. The first-order valence-corrected chi connectivity index (χ1v) is 7.35. The molecule has 0 aromatic heterocycles. The highest BCUT2D eigenvalue weighted by molar-refractivity contribution is 6.42. The standard InChI is InChI=1S/C16H16Cl2N2O/c1-11-3-2-4-12(9-11)7-8-19-16(21)20-13-5-6-14(17)15(18)10-13/h2-6,9-10H,7-8H2,1H3,(H2,19,20,21). The molecule has 0 radical (unpaired) electrons. The van der Waals surface area contributed by atoms with Crippen LogP contribution >= 0.6 is 23.2 Å². The Bertz CT molecular complexity index is 644. The number of hydrogen-bond acceptors (Lipinski definition) is 1. The minimum atomic E-state index is -0.263. The number of benzene rings is 2. The molecule has 0 heterocycles. The van der Waals surface area contributed by atoms with Crippen molar-refractivity contribution < 1.29 is 4.79 Å². The molecule has 2 aromatic rings. The maximum atomic E-state index is 11.8. The Morgan fingerprint density at radius 2 is 1.90 bits per heavy atom. The Hall–Kier alpha value is -1.71. The van der Waals surface area contributed by atoms with Gasteiger partial charge in [0.25, 0.3) is 0 Å². The molecule has 2 aromatic carbocycles. The van der Waals surface area contributed by atoms with E-state index in [1.54, 1.807) is 18.2 Å². The summed E-state index contributed by atoms with van der Waals surface area (Å²) in [6.45, 7) is 2.62. The van der Waals surface area contributed by atoms with Gasteiger partial charge in [-0.3, -0.25) is 0 Å². The number of carbonyl (C=O) groups excluding carboxylic acids is 1. The van der Waals surface area contributed by atoms with E-state index in [-0.39, 0.29) is 6.03 Å². The van der Waals surface area contributed by atoms with Crippen molar-refractivity contribution in [3.05, 3.63) is 63.6 Å². The summed E-state index contributed by atoms with van der Waals surface area (Å²) in [4.78, 5) is 11.8. The predicted octanol–water partition coefficient (Wildman–Crippen LogP) is 4.67. The number of aryl methyl sites for hydroxylation is 1. The fourth-order valence-corrected chi connectivity index (χ4v) is 2.24. The minimum Gasteiger partial charge on any atom is -0.338 e. The van der Waals surface area contributed by atoms with E-state index < -0.39 is 0 Å². The molecule has 0 aliphatic rings. The lowest BCUT2D eigenvalue weighted by Crippen LogP contribution is -2.30. The summed E-state index contributed by atoms with van der Waals surface area (Å²) >= 11 is 11.7. The second kappa shape index (κ2) is 7.34. The van der Waals surface area contributed by atoms with Gasteiger partial charge in [-0.15, -0.1) is 0 Å². The second-order valence-electron chi connectivity index (χ2n) is 4.75. The summed E-state index contributed by atoms with van der Waals surface area (Å²) in [5.74, 6) is 0. The molecule has 0 aliphatic heterocycles. The van der Waals surface area contributed by atoms with Gasteiger partial charge in [0, 0.05) is 12.2 Å². The van der Waals surface area contributed by atoms with Gasteiger partial charge in [0.05, 0.1) is 10.0 Å². The van der Waals surface area contributed by atoms with E-state index in [9.17, 15) is 4.79 Å². The van der Waals surface area contributed by atoms with Crippen molar-refractivity contribution in [2.45, 2.75) is 13.3 Å². The number of urea groups is 1. The Kier molecular flexibility index (Phi) is 5.48. The monoisotopic (exact) mass is 322 g/mol. The van der Waals surface area contributed by atoms with Crippen LogP contribution in [-0.2, 0) is 6.42 Å². The number of anilines is 1. The van der Waals surface area contributed by atoms with Gasteiger partial charge in [0.15, 0.2) is 0 Å². The molecule has 110 valence electrons. The zero-order chi connectivity index (χ0) is 15.2. The first-order valence-electron chi connectivity index (χ1n) is 6.60. The van der Waals surface area contributed by atoms with Crippen LogP contribution in [0.4, 0.5) is 10.5 Å². The van der Waals surface area contributed by atoms with Gasteiger partial charge in [-0.25, -0.2) is 4.79 Å². The predicted molar refractivity (Wildman–Crippen MR) is 88.4 cm³/mol. The molecule has 21 heavy (non-hydrogen) atoms. The third-order valence-electron chi connectivity index (χ3n) is 2.96. The summed E-state index contributed by atoms with van der Waals surface area (Å²) in [5, 5.41) is 6.39. The summed E-state index contributed by atoms with van der Waals surface area (Å²) < 4.78 is 0. The van der Waals surface area contributed by atoms with Gasteiger partial charge in [0.1, 0.15) is 0 Å². The van der Waals surface area contributed by atoms with Crippen LogP contribution < -0.4 is 10.6 Å². The number of rotatable bonds is 4. The molecule has 2 rings (SSSR count). The molecule has 0 unspecified atom stereocenters. The molecule has 0 spiro atoms. The van der Waals surface area contributed by atoms with E-state index in [1.807, 2.05) is 25.1 Å². The van der Waals surface area contributed by atoms with Crippen molar-refractivity contribution in [2.24, 2.45) is 0 Å². The van der Waals surface area contributed by atoms with Crippen LogP contribution in [0.15, 0.2) is 42.5 Å². The smallest absolute Gasteiger partial charge is 0.319 e. The van der Waals surface area contributed by atoms with E-state index in [1.165, 1.54) is 11.1 Å². The average Bonchev–Trinajstić information content (AvgIpc) is 2.43. The molecule has 0 saturated carbocycles. The number of nitrogens with one attached hydrogen (secondary N) is 2. The van der Waals surface area contributed by atoms with Crippen LogP contribution in [0, 0.1) is 6.92 Å². The van der Waals surface area contributed by atoms with Crippen molar-refractivity contribution in [3.63, 3.8) is 0 Å². The summed E-state index contributed by atoms with van der Waals surface area (Å²) in [7, 11) is 0. The quantitative estimate of drug-likeness (QED) is 0.844. The molecule has 0 bridgehead atoms. The van der Waals surface area contributed by atoms with E-state index in [2.05, 4.69) is 16.7 Å². The maximum Gasteiger partial charge on any atom is 0.319 e. The first-order chi connectivity index (χ1) is 10.0. The lowest BCUT2D eigenvalue weighted by atomic mass is 10.1. The van der Waals surface area contributed by atoms with Crippen molar-refractivity contribution in [3.8, 4) is 0 Å². The lowest BCUT2D eigenvalue weighted by Gasteiger charge is -2.08. The number of carbonyl (C=O) groups is 1. The topological polar surface area (TPSA) is 41.1 Å². The minimum absolute atomic E-state index is 0.263. The zero-order valence-electron chi connectivity index (χ0n) is 11.6. The van der Waals surface area contributed by atoms with Crippen molar-refractivity contribution in [2.75, 3.05) is 11.9 Å².